The van der Waals surface area contributed by atoms with Crippen LogP contribution >= 0.6 is 11.3 Å². The van der Waals surface area contributed by atoms with Crippen molar-refractivity contribution in [1.29, 1.82) is 0 Å². The van der Waals surface area contributed by atoms with Gasteiger partial charge in [-0.1, -0.05) is 11.3 Å². The minimum absolute atomic E-state index is 0.303. The Hall–Kier alpha value is -2.19. The van der Waals surface area contributed by atoms with Crippen LogP contribution in [0.25, 0.3) is 0 Å². The Labute approximate surface area is 126 Å². The van der Waals surface area contributed by atoms with Gasteiger partial charge in [-0.15, -0.1) is 10.2 Å². The second-order valence-electron chi connectivity index (χ2n) is 4.10. The third kappa shape index (κ3) is 3.89. The van der Waals surface area contributed by atoms with Crippen molar-refractivity contribution in [1.82, 2.24) is 10.2 Å². The molecule has 0 bridgehead atoms. The highest BCUT2D eigenvalue weighted by Gasteiger charge is 2.12. The molecule has 0 spiro atoms. The Balaban J connectivity index is 2.15. The van der Waals surface area contributed by atoms with Gasteiger partial charge in [0.25, 0.3) is 5.91 Å². The van der Waals surface area contributed by atoms with Gasteiger partial charge >= 0.3 is 0 Å². The number of nitrogens with two attached hydrogens (primary N) is 1. The van der Waals surface area contributed by atoms with Crippen LogP contribution < -0.4 is 20.5 Å². The van der Waals surface area contributed by atoms with Crippen LogP contribution in [0.1, 0.15) is 15.4 Å². The van der Waals surface area contributed by atoms with Gasteiger partial charge < -0.3 is 15.2 Å². The molecule has 0 fully saturated rings. The maximum atomic E-state index is 12.2. The number of aromatic nitrogens is 2. The van der Waals surface area contributed by atoms with Gasteiger partial charge in [0, 0.05) is 18.1 Å². The molecule has 1 aromatic carbocycles. The van der Waals surface area contributed by atoms with Crippen LogP contribution in [-0.4, -0.2) is 36.9 Å². The predicted molar refractivity (Wildman–Crippen MR) is 80.2 cm³/mol. The van der Waals surface area contributed by atoms with Crippen LogP contribution in [0.2, 0.25) is 0 Å². The Kier molecular flexibility index (Phi) is 5.07. The molecule has 1 amide bonds. The van der Waals surface area contributed by atoms with Crippen LogP contribution in [0.3, 0.4) is 0 Å². The maximum absolute atomic E-state index is 12.2. The zero-order valence-electron chi connectivity index (χ0n) is 11.8. The van der Waals surface area contributed by atoms with Crippen molar-refractivity contribution in [2.24, 2.45) is 5.73 Å². The zero-order chi connectivity index (χ0) is 15.2. The van der Waals surface area contributed by atoms with Crippen molar-refractivity contribution in [3.8, 4) is 11.5 Å². The van der Waals surface area contributed by atoms with E-state index in [2.05, 4.69) is 15.5 Å². The molecule has 21 heavy (non-hydrogen) atoms. The molecule has 2 rings (SSSR count). The normalized spacial score (nSPS) is 10.2. The first-order valence-corrected chi connectivity index (χ1v) is 7.04. The predicted octanol–water partition coefficient (Wildman–Crippen LogP) is 1.31. The van der Waals surface area contributed by atoms with E-state index in [0.29, 0.717) is 35.2 Å². The van der Waals surface area contributed by atoms with Crippen molar-refractivity contribution < 1.29 is 14.3 Å². The van der Waals surface area contributed by atoms with Crippen molar-refractivity contribution in [2.45, 2.75) is 6.42 Å². The number of nitrogens with one attached hydrogen (secondary N) is 1. The number of anilines is 1. The van der Waals surface area contributed by atoms with Gasteiger partial charge in [-0.05, 0) is 18.7 Å². The van der Waals surface area contributed by atoms with E-state index >= 15 is 0 Å². The maximum Gasteiger partial charge on any atom is 0.257 e. The van der Waals surface area contributed by atoms with E-state index in [9.17, 15) is 4.79 Å². The summed E-state index contributed by atoms with van der Waals surface area (Å²) in [6, 6.07) is 4.94. The zero-order valence-corrected chi connectivity index (χ0v) is 12.6. The highest BCUT2D eigenvalue weighted by Crippen LogP contribution is 2.23. The number of hydrogen-bond donors (Lipinski definition) is 2. The monoisotopic (exact) mass is 308 g/mol. The van der Waals surface area contributed by atoms with Crippen LogP contribution in [0.4, 0.5) is 5.13 Å². The van der Waals surface area contributed by atoms with E-state index in [4.69, 9.17) is 15.2 Å². The van der Waals surface area contributed by atoms with Gasteiger partial charge in [-0.3, -0.25) is 10.1 Å². The van der Waals surface area contributed by atoms with Crippen LogP contribution in [0, 0.1) is 0 Å². The largest absolute Gasteiger partial charge is 0.497 e. The van der Waals surface area contributed by atoms with E-state index in [1.807, 2.05) is 0 Å². The summed E-state index contributed by atoms with van der Waals surface area (Å²) < 4.78 is 10.3. The highest BCUT2D eigenvalue weighted by atomic mass is 32.1. The molecule has 0 saturated heterocycles. The van der Waals surface area contributed by atoms with Crippen molar-refractivity contribution in [2.75, 3.05) is 26.1 Å². The summed E-state index contributed by atoms with van der Waals surface area (Å²) >= 11 is 1.30. The average Bonchev–Trinajstić information content (AvgIpc) is 2.94. The number of rotatable bonds is 6. The first-order valence-electron chi connectivity index (χ1n) is 6.23. The van der Waals surface area contributed by atoms with E-state index in [1.165, 1.54) is 25.6 Å². The quantitative estimate of drug-likeness (QED) is 0.834. The number of hydrogen-bond acceptors (Lipinski definition) is 7. The van der Waals surface area contributed by atoms with Gasteiger partial charge in [0.2, 0.25) is 5.13 Å². The van der Waals surface area contributed by atoms with Crippen LogP contribution in [-0.2, 0) is 6.42 Å². The van der Waals surface area contributed by atoms with Gasteiger partial charge in [-0.25, -0.2) is 0 Å². The molecule has 1 aromatic heterocycles. The van der Waals surface area contributed by atoms with E-state index in [1.54, 1.807) is 18.2 Å². The summed E-state index contributed by atoms with van der Waals surface area (Å²) in [4.78, 5) is 12.2. The van der Waals surface area contributed by atoms with Crippen LogP contribution in [0.5, 0.6) is 11.5 Å². The number of carbonyl (C=O) groups is 1. The second-order valence-corrected chi connectivity index (χ2v) is 5.16. The Morgan fingerprint density at radius 3 is 2.48 bits per heavy atom. The Morgan fingerprint density at radius 2 is 1.90 bits per heavy atom. The minimum Gasteiger partial charge on any atom is -0.497 e. The fourth-order valence-corrected chi connectivity index (χ4v) is 2.39. The first-order chi connectivity index (χ1) is 10.2. The molecule has 0 saturated carbocycles. The molecule has 0 aliphatic rings. The lowest BCUT2D eigenvalue weighted by Gasteiger charge is -2.07. The topological polar surface area (TPSA) is 99.4 Å². The third-order valence-electron chi connectivity index (χ3n) is 2.66. The van der Waals surface area contributed by atoms with E-state index in [0.717, 1.165) is 5.01 Å². The van der Waals surface area contributed by atoms with Crippen molar-refractivity contribution >= 4 is 22.4 Å². The van der Waals surface area contributed by atoms with Gasteiger partial charge in [0.05, 0.1) is 14.2 Å². The second kappa shape index (κ2) is 7.00. The van der Waals surface area contributed by atoms with Gasteiger partial charge in [0.15, 0.2) is 0 Å². The summed E-state index contributed by atoms with van der Waals surface area (Å²) in [7, 11) is 3.06. The lowest BCUT2D eigenvalue weighted by atomic mass is 10.2. The summed E-state index contributed by atoms with van der Waals surface area (Å²) in [6.07, 6.45) is 0.639. The van der Waals surface area contributed by atoms with Gasteiger partial charge in [-0.2, -0.15) is 0 Å². The first kappa shape index (κ1) is 15.2. The molecule has 0 radical (unpaired) electrons. The molecule has 112 valence electrons. The SMILES string of the molecule is COc1cc(OC)cc(C(=O)Nc2nnc(CCN)s2)c1. The number of ether oxygens (including phenoxy) is 2. The molecular formula is C13H16N4O3S. The molecule has 7 nitrogen and oxygen atoms in total. The van der Waals surface area contributed by atoms with Crippen molar-refractivity contribution in [3.05, 3.63) is 28.8 Å². The minimum atomic E-state index is -0.303. The molecule has 0 atom stereocenters. The number of methoxy groups -OCH3 is 2. The number of carbonyl (C=O) groups excluding carboxylic acids is 1. The van der Waals surface area contributed by atoms with Gasteiger partial charge in [0.1, 0.15) is 16.5 Å². The molecular weight excluding hydrogens is 292 g/mol. The lowest BCUT2D eigenvalue weighted by Crippen LogP contribution is -2.12. The van der Waals surface area contributed by atoms with E-state index < -0.39 is 0 Å². The number of amides is 1. The lowest BCUT2D eigenvalue weighted by molar-refractivity contribution is 0.102. The molecule has 0 aliphatic heterocycles. The highest BCUT2D eigenvalue weighted by molar-refractivity contribution is 7.15. The summed E-state index contributed by atoms with van der Waals surface area (Å²) in [5.41, 5.74) is 5.87. The fourth-order valence-electron chi connectivity index (χ4n) is 1.64. The summed E-state index contributed by atoms with van der Waals surface area (Å²) in [5.74, 6) is 0.781. The molecule has 1 heterocycles. The third-order valence-corrected chi connectivity index (χ3v) is 3.56. The molecule has 8 heteroatoms. The smallest absolute Gasteiger partial charge is 0.257 e. The van der Waals surface area contributed by atoms with E-state index in [-0.39, 0.29) is 5.91 Å². The Morgan fingerprint density at radius 1 is 1.24 bits per heavy atom. The summed E-state index contributed by atoms with van der Waals surface area (Å²) in [6.45, 7) is 0.496. The summed E-state index contributed by atoms with van der Waals surface area (Å²) in [5, 5.41) is 11.8. The Bertz CT molecular complexity index is 607. The number of nitrogens with zero attached hydrogens (tertiary/aromatic N) is 2. The molecule has 2 aromatic rings. The number of benzene rings is 1. The standard InChI is InChI=1S/C13H16N4O3S/c1-19-9-5-8(6-10(7-9)20-2)12(18)15-13-17-16-11(21-13)3-4-14/h5-7H,3-4,14H2,1-2H3,(H,15,17,18). The fraction of sp³-hybridized carbons (Fsp3) is 0.308. The molecule has 0 unspecified atom stereocenters. The van der Waals surface area contributed by atoms with Crippen molar-refractivity contribution in [3.63, 3.8) is 0 Å². The van der Waals surface area contributed by atoms with Crippen LogP contribution in [0.15, 0.2) is 18.2 Å². The average molecular weight is 308 g/mol. The molecule has 0 aliphatic carbocycles. The molecule has 3 N–H and O–H groups in total.